The molecule has 0 radical (unpaired) electrons. The maximum Gasteiger partial charge on any atom is 0.333 e. The molecule has 2 aromatic heterocycles. The lowest BCUT2D eigenvalue weighted by Crippen LogP contribution is -2.32. The normalized spacial score (nSPS) is 14.4. The van der Waals surface area contributed by atoms with Crippen LogP contribution in [0, 0.1) is 0 Å². The lowest BCUT2D eigenvalue weighted by Gasteiger charge is -2.20. The molecule has 0 aliphatic carbocycles. The molecule has 1 aliphatic rings. The minimum absolute atomic E-state index is 0.0212. The first-order valence-electron chi connectivity index (χ1n) is 7.84. The molecule has 3 rings (SSSR count). The van der Waals surface area contributed by atoms with Gasteiger partial charge in [0.25, 0.3) is 5.91 Å². The SMILES string of the molecule is O=C(O)CCc1cc2n(n1)CCCN(C(=O)c1ccnn1C(F)F)C2. The van der Waals surface area contributed by atoms with Gasteiger partial charge in [-0.05, 0) is 18.6 Å². The fourth-order valence-electron chi connectivity index (χ4n) is 2.85. The van der Waals surface area contributed by atoms with Crippen LogP contribution in [0.5, 0.6) is 0 Å². The van der Waals surface area contributed by atoms with Crippen molar-refractivity contribution >= 4 is 11.9 Å². The van der Waals surface area contributed by atoms with Gasteiger partial charge in [-0.1, -0.05) is 0 Å². The molecule has 1 N–H and O–H groups in total. The van der Waals surface area contributed by atoms with E-state index in [1.807, 2.05) is 0 Å². The van der Waals surface area contributed by atoms with Crippen molar-refractivity contribution in [3.05, 3.63) is 35.4 Å². The number of aromatic nitrogens is 4. The van der Waals surface area contributed by atoms with Gasteiger partial charge in [-0.25, -0.2) is 0 Å². The van der Waals surface area contributed by atoms with E-state index in [0.717, 1.165) is 5.69 Å². The molecule has 25 heavy (non-hydrogen) atoms. The molecule has 0 unspecified atom stereocenters. The predicted octanol–water partition coefficient (Wildman–Crippen LogP) is 1.54. The van der Waals surface area contributed by atoms with Gasteiger partial charge in [0.05, 0.1) is 24.4 Å². The van der Waals surface area contributed by atoms with Crippen molar-refractivity contribution in [2.24, 2.45) is 0 Å². The van der Waals surface area contributed by atoms with E-state index in [4.69, 9.17) is 5.11 Å². The van der Waals surface area contributed by atoms with E-state index in [0.29, 0.717) is 36.3 Å². The number of carbonyl (C=O) groups excluding carboxylic acids is 1. The Hall–Kier alpha value is -2.78. The molecule has 10 heteroatoms. The average molecular weight is 353 g/mol. The zero-order chi connectivity index (χ0) is 18.0. The molecule has 8 nitrogen and oxygen atoms in total. The number of alkyl halides is 2. The maximum atomic E-state index is 12.9. The summed E-state index contributed by atoms with van der Waals surface area (Å²) >= 11 is 0. The van der Waals surface area contributed by atoms with Crippen molar-refractivity contribution in [2.75, 3.05) is 6.54 Å². The summed E-state index contributed by atoms with van der Waals surface area (Å²) in [6, 6.07) is 3.04. The molecule has 0 bridgehead atoms. The number of nitrogens with zero attached hydrogens (tertiary/aromatic N) is 5. The molecule has 3 heterocycles. The Morgan fingerprint density at radius 3 is 2.84 bits per heavy atom. The minimum atomic E-state index is -2.88. The minimum Gasteiger partial charge on any atom is -0.481 e. The summed E-state index contributed by atoms with van der Waals surface area (Å²) in [6.45, 7) is -1.65. The van der Waals surface area contributed by atoms with Crippen LogP contribution in [0.25, 0.3) is 0 Å². The van der Waals surface area contributed by atoms with E-state index in [-0.39, 0.29) is 18.7 Å². The summed E-state index contributed by atoms with van der Waals surface area (Å²) in [5.74, 6) is -1.42. The fraction of sp³-hybridized carbons (Fsp3) is 0.467. The van der Waals surface area contributed by atoms with Crippen molar-refractivity contribution in [1.29, 1.82) is 0 Å². The number of rotatable bonds is 5. The Bertz CT molecular complexity index is 786. The van der Waals surface area contributed by atoms with Crippen LogP contribution in [-0.4, -0.2) is 48.0 Å². The number of carbonyl (C=O) groups is 2. The van der Waals surface area contributed by atoms with Gasteiger partial charge in [-0.3, -0.25) is 14.3 Å². The van der Waals surface area contributed by atoms with Crippen LogP contribution in [-0.2, 0) is 24.3 Å². The van der Waals surface area contributed by atoms with Gasteiger partial charge in [0.15, 0.2) is 0 Å². The molecule has 0 fully saturated rings. The molecule has 1 amide bonds. The third-order valence-electron chi connectivity index (χ3n) is 4.02. The smallest absolute Gasteiger partial charge is 0.333 e. The molecule has 0 spiro atoms. The van der Waals surface area contributed by atoms with Crippen LogP contribution >= 0.6 is 0 Å². The molecule has 0 saturated heterocycles. The summed E-state index contributed by atoms with van der Waals surface area (Å²) in [5, 5.41) is 16.6. The Balaban J connectivity index is 1.77. The van der Waals surface area contributed by atoms with Gasteiger partial charge >= 0.3 is 12.5 Å². The van der Waals surface area contributed by atoms with Crippen LogP contribution in [0.1, 0.15) is 41.3 Å². The first-order chi connectivity index (χ1) is 12.0. The van der Waals surface area contributed by atoms with E-state index in [1.165, 1.54) is 17.2 Å². The van der Waals surface area contributed by atoms with E-state index < -0.39 is 18.4 Å². The molecule has 0 saturated carbocycles. The second-order valence-electron chi connectivity index (χ2n) is 5.76. The van der Waals surface area contributed by atoms with Crippen molar-refractivity contribution in [3.63, 3.8) is 0 Å². The predicted molar refractivity (Wildman–Crippen MR) is 81.0 cm³/mol. The van der Waals surface area contributed by atoms with E-state index in [2.05, 4.69) is 10.2 Å². The summed E-state index contributed by atoms with van der Waals surface area (Å²) in [6.07, 6.45) is 2.08. The average Bonchev–Trinajstić information content (AvgIpc) is 3.15. The van der Waals surface area contributed by atoms with E-state index in [1.54, 1.807) is 10.7 Å². The molecular formula is C15H17F2N5O3. The Kier molecular flexibility index (Phi) is 4.77. The standard InChI is InChI=1S/C15H17F2N5O3/c16-15(17)22-12(4-5-18-22)14(25)20-6-1-7-21-11(9-20)8-10(19-21)2-3-13(23)24/h4-5,8,15H,1-3,6-7,9H2,(H,23,24). The summed E-state index contributed by atoms with van der Waals surface area (Å²) in [7, 11) is 0. The van der Waals surface area contributed by atoms with Gasteiger partial charge in [0.1, 0.15) is 5.69 Å². The highest BCUT2D eigenvalue weighted by atomic mass is 19.3. The van der Waals surface area contributed by atoms with Crippen LogP contribution in [0.15, 0.2) is 18.3 Å². The number of carboxylic acid groups (broad SMARTS) is 1. The van der Waals surface area contributed by atoms with Gasteiger partial charge in [-0.2, -0.15) is 23.7 Å². The molecule has 0 aromatic carbocycles. The van der Waals surface area contributed by atoms with Crippen molar-refractivity contribution in [3.8, 4) is 0 Å². The Labute approximate surface area is 141 Å². The second-order valence-corrected chi connectivity index (χ2v) is 5.76. The van der Waals surface area contributed by atoms with Gasteiger partial charge < -0.3 is 10.0 Å². The number of halogens is 2. The number of aryl methyl sites for hydroxylation is 2. The number of aliphatic carboxylic acids is 1. The number of fused-ring (bicyclic) bond motifs is 1. The monoisotopic (exact) mass is 353 g/mol. The lowest BCUT2D eigenvalue weighted by atomic mass is 10.2. The Morgan fingerprint density at radius 2 is 2.12 bits per heavy atom. The zero-order valence-corrected chi connectivity index (χ0v) is 13.3. The topological polar surface area (TPSA) is 93.2 Å². The first-order valence-corrected chi connectivity index (χ1v) is 7.84. The fourth-order valence-corrected chi connectivity index (χ4v) is 2.85. The van der Waals surface area contributed by atoms with Crippen molar-refractivity contribution in [2.45, 2.75) is 38.9 Å². The summed E-state index contributed by atoms with van der Waals surface area (Å²) in [4.78, 5) is 24.8. The molecule has 134 valence electrons. The molecule has 0 atom stereocenters. The van der Waals surface area contributed by atoms with Crippen molar-refractivity contribution < 1.29 is 23.5 Å². The summed E-state index contributed by atoms with van der Waals surface area (Å²) < 4.78 is 28.0. The maximum absolute atomic E-state index is 12.9. The van der Waals surface area contributed by atoms with Gasteiger partial charge in [-0.15, -0.1) is 0 Å². The number of carboxylic acids is 1. The van der Waals surface area contributed by atoms with Gasteiger partial charge in [0.2, 0.25) is 0 Å². The summed E-state index contributed by atoms with van der Waals surface area (Å²) in [5.41, 5.74) is 1.24. The third-order valence-corrected chi connectivity index (χ3v) is 4.02. The third kappa shape index (κ3) is 3.67. The van der Waals surface area contributed by atoms with E-state index >= 15 is 0 Å². The quantitative estimate of drug-likeness (QED) is 0.880. The van der Waals surface area contributed by atoms with Crippen LogP contribution in [0.2, 0.25) is 0 Å². The highest BCUT2D eigenvalue weighted by Crippen LogP contribution is 2.19. The molecule has 1 aliphatic heterocycles. The number of hydrogen-bond acceptors (Lipinski definition) is 4. The molecule has 2 aromatic rings. The Morgan fingerprint density at radius 1 is 1.32 bits per heavy atom. The van der Waals surface area contributed by atoms with Crippen molar-refractivity contribution in [1.82, 2.24) is 24.5 Å². The van der Waals surface area contributed by atoms with Crippen LogP contribution < -0.4 is 0 Å². The number of amides is 1. The number of hydrogen-bond donors (Lipinski definition) is 1. The highest BCUT2D eigenvalue weighted by molar-refractivity contribution is 5.92. The van der Waals surface area contributed by atoms with Crippen LogP contribution in [0.4, 0.5) is 8.78 Å². The highest BCUT2D eigenvalue weighted by Gasteiger charge is 2.26. The molecular weight excluding hydrogens is 336 g/mol. The zero-order valence-electron chi connectivity index (χ0n) is 13.3. The largest absolute Gasteiger partial charge is 0.481 e. The van der Waals surface area contributed by atoms with Crippen LogP contribution in [0.3, 0.4) is 0 Å². The lowest BCUT2D eigenvalue weighted by molar-refractivity contribution is -0.136. The second kappa shape index (κ2) is 6.99. The van der Waals surface area contributed by atoms with E-state index in [9.17, 15) is 18.4 Å². The van der Waals surface area contributed by atoms with Gasteiger partial charge in [0, 0.05) is 25.7 Å². The first kappa shape index (κ1) is 17.1.